The van der Waals surface area contributed by atoms with E-state index < -0.39 is 18.1 Å². The topological polar surface area (TPSA) is 88.5 Å². The summed E-state index contributed by atoms with van der Waals surface area (Å²) in [4.78, 5) is 26.3. The van der Waals surface area contributed by atoms with Gasteiger partial charge in [0.05, 0.1) is 5.69 Å². The molecule has 1 aromatic rings. The van der Waals surface area contributed by atoms with E-state index in [1.54, 1.807) is 38.2 Å². The van der Waals surface area contributed by atoms with Crippen LogP contribution in [0.15, 0.2) is 24.4 Å². The van der Waals surface area contributed by atoms with Crippen LogP contribution in [0, 0.1) is 5.92 Å². The number of aliphatic carboxylic acids is 1. The van der Waals surface area contributed by atoms with Gasteiger partial charge in [0, 0.05) is 6.20 Å². The first-order chi connectivity index (χ1) is 8.50. The van der Waals surface area contributed by atoms with E-state index >= 15 is 0 Å². The number of ether oxygens (including phenoxy) is 1. The van der Waals surface area contributed by atoms with Crippen LogP contribution in [-0.2, 0) is 16.1 Å². The average molecular weight is 260 g/mol. The zero-order valence-corrected chi connectivity index (χ0v) is 11.3. The molecular formula is C12H17LiN2O4. The number of alkyl carbamates (subject to hydrolysis) is 1. The molecule has 0 aromatic carbocycles. The van der Waals surface area contributed by atoms with Crippen molar-refractivity contribution in [3.8, 4) is 0 Å². The van der Waals surface area contributed by atoms with Crippen LogP contribution in [0.25, 0.3) is 0 Å². The number of rotatable bonds is 5. The molecule has 1 unspecified atom stereocenters. The minimum absolute atomic E-state index is 0. The molecule has 2 N–H and O–H groups in total. The fourth-order valence-electron chi connectivity index (χ4n) is 1.31. The van der Waals surface area contributed by atoms with Gasteiger partial charge in [-0.25, -0.2) is 9.59 Å². The maximum Gasteiger partial charge on any atom is 1.00 e. The second kappa shape index (κ2) is 8.57. The number of pyridine rings is 1. The molecule has 1 amide bonds. The van der Waals surface area contributed by atoms with Gasteiger partial charge < -0.3 is 16.6 Å². The summed E-state index contributed by atoms with van der Waals surface area (Å²) >= 11 is 0. The Morgan fingerprint density at radius 3 is 2.63 bits per heavy atom. The summed E-state index contributed by atoms with van der Waals surface area (Å²) in [5.41, 5.74) is 0.601. The van der Waals surface area contributed by atoms with Gasteiger partial charge in [0.25, 0.3) is 0 Å². The molecule has 100 valence electrons. The first kappa shape index (κ1) is 17.5. The van der Waals surface area contributed by atoms with Crippen LogP contribution < -0.4 is 24.2 Å². The number of carboxylic acids is 1. The van der Waals surface area contributed by atoms with E-state index in [1.165, 1.54) is 0 Å². The normalized spacial score (nSPS) is 11.3. The molecular weight excluding hydrogens is 243 g/mol. The van der Waals surface area contributed by atoms with Gasteiger partial charge in [0.1, 0.15) is 12.6 Å². The third kappa shape index (κ3) is 6.27. The molecule has 6 nitrogen and oxygen atoms in total. The van der Waals surface area contributed by atoms with Crippen molar-refractivity contribution in [2.45, 2.75) is 26.5 Å². The van der Waals surface area contributed by atoms with Crippen molar-refractivity contribution in [3.05, 3.63) is 30.1 Å². The van der Waals surface area contributed by atoms with E-state index in [-0.39, 0.29) is 32.8 Å². The Bertz CT molecular complexity index is 417. The molecule has 0 bridgehead atoms. The Hall–Kier alpha value is -1.51. The first-order valence-corrected chi connectivity index (χ1v) is 5.56. The quantitative estimate of drug-likeness (QED) is 0.631. The van der Waals surface area contributed by atoms with Gasteiger partial charge in [-0.1, -0.05) is 19.9 Å². The summed E-state index contributed by atoms with van der Waals surface area (Å²) in [6.45, 7) is 3.42. The van der Waals surface area contributed by atoms with E-state index in [9.17, 15) is 9.59 Å². The van der Waals surface area contributed by atoms with Crippen molar-refractivity contribution in [3.63, 3.8) is 0 Å². The third-order valence-electron chi connectivity index (χ3n) is 2.28. The van der Waals surface area contributed by atoms with Gasteiger partial charge in [-0.15, -0.1) is 0 Å². The van der Waals surface area contributed by atoms with Crippen LogP contribution in [0.3, 0.4) is 0 Å². The minimum Gasteiger partial charge on any atom is -1.00 e. The molecule has 0 saturated carbocycles. The van der Waals surface area contributed by atoms with Crippen LogP contribution in [0.5, 0.6) is 0 Å². The molecule has 1 atom stereocenters. The molecule has 0 spiro atoms. The van der Waals surface area contributed by atoms with Crippen LogP contribution >= 0.6 is 0 Å². The first-order valence-electron chi connectivity index (χ1n) is 5.56. The Morgan fingerprint density at radius 1 is 1.47 bits per heavy atom. The number of carbonyl (C=O) groups is 2. The smallest absolute Gasteiger partial charge is 1.00 e. The molecule has 0 radical (unpaired) electrons. The van der Waals surface area contributed by atoms with Gasteiger partial charge in [-0.2, -0.15) is 0 Å². The van der Waals surface area contributed by atoms with Gasteiger partial charge in [-0.3, -0.25) is 4.98 Å². The van der Waals surface area contributed by atoms with E-state index in [1.807, 2.05) is 0 Å². The Kier molecular flexibility index (Phi) is 7.88. The molecule has 7 heteroatoms. The van der Waals surface area contributed by atoms with Crippen LogP contribution in [-0.4, -0.2) is 28.2 Å². The van der Waals surface area contributed by atoms with E-state index in [0.29, 0.717) is 5.69 Å². The van der Waals surface area contributed by atoms with Crippen LogP contribution in [0.2, 0.25) is 0 Å². The fourth-order valence-corrected chi connectivity index (χ4v) is 1.31. The number of nitrogens with one attached hydrogen (secondary N) is 1. The SMILES string of the molecule is CC(C)C(NC(=O)OCc1ccccn1)C(=O)O.[H-].[Li+]. The van der Waals surface area contributed by atoms with Crippen molar-refractivity contribution >= 4 is 12.1 Å². The molecule has 0 saturated heterocycles. The number of nitrogens with zero attached hydrogens (tertiary/aromatic N) is 1. The average Bonchev–Trinajstić information content (AvgIpc) is 2.34. The van der Waals surface area contributed by atoms with E-state index in [2.05, 4.69) is 10.3 Å². The van der Waals surface area contributed by atoms with E-state index in [0.717, 1.165) is 0 Å². The summed E-state index contributed by atoms with van der Waals surface area (Å²) < 4.78 is 4.88. The zero-order valence-electron chi connectivity index (χ0n) is 12.3. The summed E-state index contributed by atoms with van der Waals surface area (Å²) in [7, 11) is 0. The summed E-state index contributed by atoms with van der Waals surface area (Å²) in [5, 5.41) is 11.2. The van der Waals surface area contributed by atoms with Gasteiger partial charge in [0.15, 0.2) is 0 Å². The summed E-state index contributed by atoms with van der Waals surface area (Å²) in [6.07, 6.45) is 0.826. The number of amides is 1. The van der Waals surface area contributed by atoms with Crippen molar-refractivity contribution in [2.75, 3.05) is 0 Å². The van der Waals surface area contributed by atoms with Gasteiger partial charge in [0.2, 0.25) is 0 Å². The molecule has 0 fully saturated rings. The molecule has 1 rings (SSSR count). The van der Waals surface area contributed by atoms with Crippen molar-refractivity contribution < 1.29 is 39.7 Å². The molecule has 19 heavy (non-hydrogen) atoms. The van der Waals surface area contributed by atoms with Crippen molar-refractivity contribution in [1.29, 1.82) is 0 Å². The van der Waals surface area contributed by atoms with Gasteiger partial charge >= 0.3 is 30.9 Å². The van der Waals surface area contributed by atoms with Crippen LogP contribution in [0.1, 0.15) is 21.0 Å². The monoisotopic (exact) mass is 260 g/mol. The second-order valence-corrected chi connectivity index (χ2v) is 4.10. The number of hydrogen-bond donors (Lipinski definition) is 2. The van der Waals surface area contributed by atoms with E-state index in [4.69, 9.17) is 9.84 Å². The Balaban J connectivity index is 0. The van der Waals surface area contributed by atoms with Crippen molar-refractivity contribution in [1.82, 2.24) is 10.3 Å². The maximum atomic E-state index is 11.4. The maximum absolute atomic E-state index is 11.4. The standard InChI is InChI=1S/C12H16N2O4.Li.H/c1-8(2)10(11(15)16)14-12(17)18-7-9-5-3-4-6-13-9;;/h3-6,8,10H,7H2,1-2H3,(H,14,17)(H,15,16);;/q;+1;-1. The molecule has 0 aliphatic heterocycles. The number of aromatic nitrogens is 1. The Morgan fingerprint density at radius 2 is 2.16 bits per heavy atom. The third-order valence-corrected chi connectivity index (χ3v) is 2.28. The number of carboxylic acid groups (broad SMARTS) is 1. The van der Waals surface area contributed by atoms with Gasteiger partial charge in [-0.05, 0) is 18.1 Å². The predicted molar refractivity (Wildman–Crippen MR) is 64.9 cm³/mol. The number of hydrogen-bond acceptors (Lipinski definition) is 4. The predicted octanol–water partition coefficient (Wildman–Crippen LogP) is -1.47. The van der Waals surface area contributed by atoms with Crippen LogP contribution in [0.4, 0.5) is 4.79 Å². The molecule has 0 aliphatic carbocycles. The van der Waals surface area contributed by atoms with Crippen molar-refractivity contribution in [2.24, 2.45) is 5.92 Å². The molecule has 0 aliphatic rings. The molecule has 1 heterocycles. The zero-order chi connectivity index (χ0) is 13.5. The summed E-state index contributed by atoms with van der Waals surface area (Å²) in [6, 6.07) is 4.28. The fraction of sp³-hybridized carbons (Fsp3) is 0.417. The summed E-state index contributed by atoms with van der Waals surface area (Å²) in [5.74, 6) is -1.30. The largest absolute Gasteiger partial charge is 1.00 e. The Labute approximate surface area is 125 Å². The molecule has 1 aromatic heterocycles. The minimum atomic E-state index is -1.08. The number of carbonyl (C=O) groups excluding carboxylic acids is 1. The second-order valence-electron chi connectivity index (χ2n) is 4.10.